The molecule has 0 radical (unpaired) electrons. The molecular weight excluding hydrogens is 348 g/mol. The van der Waals surface area contributed by atoms with E-state index in [1.54, 1.807) is 12.4 Å². The largest absolute Gasteiger partial charge is 0.384 e. The van der Waals surface area contributed by atoms with E-state index in [-0.39, 0.29) is 6.04 Å². The third-order valence-electron chi connectivity index (χ3n) is 5.07. The summed E-state index contributed by atoms with van der Waals surface area (Å²) < 4.78 is 1.97. The fraction of sp³-hybridized carbons (Fsp3) is 0.0909. The fourth-order valence-electron chi connectivity index (χ4n) is 3.52. The maximum atomic E-state index is 5.72. The lowest BCUT2D eigenvalue weighted by Crippen LogP contribution is -2.08. The summed E-state index contributed by atoms with van der Waals surface area (Å²) in [6.07, 6.45) is 3.57. The lowest BCUT2D eigenvalue weighted by atomic mass is 10.0. The van der Waals surface area contributed by atoms with Crippen molar-refractivity contribution in [2.45, 2.75) is 13.0 Å². The highest BCUT2D eigenvalue weighted by atomic mass is 15.4. The molecule has 5 rings (SSSR count). The van der Waals surface area contributed by atoms with Gasteiger partial charge in [0.25, 0.3) is 0 Å². The SMILES string of the molecule is C[C@@H](c1ccccc1)n1nnc2cnc3ccc(-c4ccc(N)nc4)cc3c21. The number of nitrogen functional groups attached to an aromatic ring is 1. The summed E-state index contributed by atoms with van der Waals surface area (Å²) in [4.78, 5) is 8.76. The number of nitrogens with zero attached hydrogens (tertiary/aromatic N) is 5. The molecule has 0 aliphatic heterocycles. The van der Waals surface area contributed by atoms with E-state index in [2.05, 4.69) is 45.4 Å². The van der Waals surface area contributed by atoms with Crippen LogP contribution in [0, 0.1) is 0 Å². The van der Waals surface area contributed by atoms with E-state index in [4.69, 9.17) is 5.73 Å². The van der Waals surface area contributed by atoms with Crippen LogP contribution in [0.2, 0.25) is 0 Å². The standard InChI is InChI=1S/C22H18N6/c1-14(15-5-3-2-4-6-15)28-22-18-11-16(17-8-10-21(23)25-12-17)7-9-19(18)24-13-20(22)26-27-28/h2-14H,1H3,(H2,23,25)/t14-/m0/s1. The van der Waals surface area contributed by atoms with Crippen molar-refractivity contribution < 1.29 is 0 Å². The van der Waals surface area contributed by atoms with Gasteiger partial charge in [-0.05, 0) is 42.3 Å². The molecular formula is C22H18N6. The van der Waals surface area contributed by atoms with Gasteiger partial charge in [0.1, 0.15) is 16.9 Å². The summed E-state index contributed by atoms with van der Waals surface area (Å²) in [6, 6.07) is 20.3. The Hall–Kier alpha value is -3.80. The van der Waals surface area contributed by atoms with Crippen LogP contribution < -0.4 is 5.73 Å². The zero-order valence-corrected chi connectivity index (χ0v) is 15.3. The average Bonchev–Trinajstić information content (AvgIpc) is 3.19. The maximum absolute atomic E-state index is 5.72. The topological polar surface area (TPSA) is 82.5 Å². The molecule has 2 N–H and O–H groups in total. The minimum atomic E-state index is 0.0543. The van der Waals surface area contributed by atoms with E-state index >= 15 is 0 Å². The minimum absolute atomic E-state index is 0.0543. The number of nitrogens with two attached hydrogens (primary N) is 1. The first kappa shape index (κ1) is 16.4. The van der Waals surface area contributed by atoms with E-state index in [0.29, 0.717) is 5.82 Å². The van der Waals surface area contributed by atoms with Crippen LogP contribution in [0.15, 0.2) is 73.1 Å². The molecule has 0 bridgehead atoms. The van der Waals surface area contributed by atoms with Crippen molar-refractivity contribution in [3.63, 3.8) is 0 Å². The molecule has 3 heterocycles. The predicted molar refractivity (Wildman–Crippen MR) is 111 cm³/mol. The number of hydrogen-bond acceptors (Lipinski definition) is 5. The normalized spacial score (nSPS) is 12.5. The van der Waals surface area contributed by atoms with Crippen molar-refractivity contribution in [1.29, 1.82) is 0 Å². The highest BCUT2D eigenvalue weighted by Crippen LogP contribution is 2.30. The van der Waals surface area contributed by atoms with Crippen LogP contribution >= 0.6 is 0 Å². The second kappa shape index (κ2) is 6.42. The number of rotatable bonds is 3. The van der Waals surface area contributed by atoms with Gasteiger partial charge in [0.05, 0.1) is 17.8 Å². The van der Waals surface area contributed by atoms with Gasteiger partial charge in [-0.15, -0.1) is 5.10 Å². The summed E-state index contributed by atoms with van der Waals surface area (Å²) >= 11 is 0. The van der Waals surface area contributed by atoms with Crippen LogP contribution in [-0.4, -0.2) is 25.0 Å². The van der Waals surface area contributed by atoms with Gasteiger partial charge in [0.2, 0.25) is 0 Å². The van der Waals surface area contributed by atoms with Gasteiger partial charge in [0.15, 0.2) is 0 Å². The van der Waals surface area contributed by atoms with Crippen LogP contribution in [0.4, 0.5) is 5.82 Å². The Morgan fingerprint density at radius 3 is 2.46 bits per heavy atom. The van der Waals surface area contributed by atoms with Crippen LogP contribution in [0.1, 0.15) is 18.5 Å². The van der Waals surface area contributed by atoms with Gasteiger partial charge < -0.3 is 5.73 Å². The van der Waals surface area contributed by atoms with Gasteiger partial charge in [-0.1, -0.05) is 41.6 Å². The summed E-state index contributed by atoms with van der Waals surface area (Å²) in [7, 11) is 0. The third kappa shape index (κ3) is 2.66. The van der Waals surface area contributed by atoms with Crippen LogP contribution in [0.3, 0.4) is 0 Å². The van der Waals surface area contributed by atoms with E-state index in [1.165, 1.54) is 5.56 Å². The van der Waals surface area contributed by atoms with E-state index in [1.807, 2.05) is 47.1 Å². The monoisotopic (exact) mass is 366 g/mol. The van der Waals surface area contributed by atoms with Crippen molar-refractivity contribution >= 4 is 27.8 Å². The van der Waals surface area contributed by atoms with Crippen LogP contribution in [0.25, 0.3) is 33.1 Å². The molecule has 6 heteroatoms. The summed E-state index contributed by atoms with van der Waals surface area (Å²) in [5.41, 5.74) is 11.6. The van der Waals surface area contributed by atoms with E-state index in [0.717, 1.165) is 33.1 Å². The molecule has 1 atom stereocenters. The van der Waals surface area contributed by atoms with Gasteiger partial charge in [-0.3, -0.25) is 4.98 Å². The van der Waals surface area contributed by atoms with Crippen LogP contribution in [-0.2, 0) is 0 Å². The molecule has 0 spiro atoms. The molecule has 0 aliphatic rings. The Kier molecular flexibility index (Phi) is 3.76. The Bertz CT molecular complexity index is 1280. The van der Waals surface area contributed by atoms with Crippen molar-refractivity contribution in [1.82, 2.24) is 25.0 Å². The first-order valence-electron chi connectivity index (χ1n) is 9.11. The summed E-state index contributed by atoms with van der Waals surface area (Å²) in [5, 5.41) is 9.80. The minimum Gasteiger partial charge on any atom is -0.384 e. The molecule has 0 amide bonds. The molecule has 3 aromatic heterocycles. The molecule has 136 valence electrons. The number of aromatic nitrogens is 5. The molecule has 0 unspecified atom stereocenters. The Balaban J connectivity index is 1.73. The van der Waals surface area contributed by atoms with Crippen molar-refractivity contribution in [3.8, 4) is 11.1 Å². The third-order valence-corrected chi connectivity index (χ3v) is 5.07. The Morgan fingerprint density at radius 1 is 0.857 bits per heavy atom. The number of pyridine rings is 2. The lowest BCUT2D eigenvalue weighted by molar-refractivity contribution is 0.561. The average molecular weight is 366 g/mol. The molecule has 0 aliphatic carbocycles. The Morgan fingerprint density at radius 2 is 1.68 bits per heavy atom. The molecule has 0 saturated carbocycles. The number of hydrogen-bond donors (Lipinski definition) is 1. The molecule has 6 nitrogen and oxygen atoms in total. The first-order chi connectivity index (χ1) is 13.7. The summed E-state index contributed by atoms with van der Waals surface area (Å²) in [6.45, 7) is 2.13. The van der Waals surface area contributed by atoms with Gasteiger partial charge >= 0.3 is 0 Å². The number of anilines is 1. The quantitative estimate of drug-likeness (QED) is 0.516. The molecule has 2 aromatic carbocycles. The predicted octanol–water partition coefficient (Wildman–Crippen LogP) is 4.23. The summed E-state index contributed by atoms with van der Waals surface area (Å²) in [5.74, 6) is 0.507. The maximum Gasteiger partial charge on any atom is 0.132 e. The van der Waals surface area contributed by atoms with Crippen molar-refractivity contribution in [2.75, 3.05) is 5.73 Å². The fourth-order valence-corrected chi connectivity index (χ4v) is 3.52. The molecule has 0 fully saturated rings. The van der Waals surface area contributed by atoms with E-state index in [9.17, 15) is 0 Å². The first-order valence-corrected chi connectivity index (χ1v) is 9.11. The Labute approximate surface area is 161 Å². The molecule has 0 saturated heterocycles. The number of benzene rings is 2. The second-order valence-corrected chi connectivity index (χ2v) is 6.82. The second-order valence-electron chi connectivity index (χ2n) is 6.82. The zero-order valence-electron chi connectivity index (χ0n) is 15.3. The highest BCUT2D eigenvalue weighted by molar-refractivity contribution is 6.03. The number of fused-ring (bicyclic) bond motifs is 3. The van der Waals surface area contributed by atoms with Crippen molar-refractivity contribution in [2.24, 2.45) is 0 Å². The van der Waals surface area contributed by atoms with Gasteiger partial charge in [-0.25, -0.2) is 9.67 Å². The molecule has 28 heavy (non-hydrogen) atoms. The zero-order chi connectivity index (χ0) is 19.1. The smallest absolute Gasteiger partial charge is 0.132 e. The van der Waals surface area contributed by atoms with Gasteiger partial charge in [-0.2, -0.15) is 0 Å². The van der Waals surface area contributed by atoms with Crippen molar-refractivity contribution in [3.05, 3.63) is 78.6 Å². The van der Waals surface area contributed by atoms with Gasteiger partial charge in [0, 0.05) is 17.1 Å². The van der Waals surface area contributed by atoms with E-state index < -0.39 is 0 Å². The van der Waals surface area contributed by atoms with Crippen LogP contribution in [0.5, 0.6) is 0 Å². The highest BCUT2D eigenvalue weighted by Gasteiger charge is 2.16. The lowest BCUT2D eigenvalue weighted by Gasteiger charge is -2.14. The molecule has 5 aromatic rings.